The Morgan fingerprint density at radius 1 is 1.15 bits per heavy atom. The molecule has 0 saturated heterocycles. The van der Waals surface area contributed by atoms with Gasteiger partial charge < -0.3 is 19.7 Å². The smallest absolute Gasteiger partial charge is 0.267 e. The fourth-order valence-corrected chi connectivity index (χ4v) is 3.17. The highest BCUT2D eigenvalue weighted by atomic mass is 32.2. The Morgan fingerprint density at radius 2 is 1.85 bits per heavy atom. The number of anilines is 1. The number of para-hydroxylation sites is 3. The largest absolute Gasteiger partial charge is 0.485 e. The highest BCUT2D eigenvalue weighted by molar-refractivity contribution is 7.98. The molecular formula is C19H20N2O4S. The SMILES string of the molecule is CSc1ccccc1NC(=O)CN(C)C(=O)[C@H]1COc2ccccc2O1. The summed E-state index contributed by atoms with van der Waals surface area (Å²) in [5.41, 5.74) is 0.733. The van der Waals surface area contributed by atoms with Gasteiger partial charge in [-0.1, -0.05) is 24.3 Å². The molecule has 7 heteroatoms. The van der Waals surface area contributed by atoms with E-state index < -0.39 is 6.10 Å². The molecule has 1 N–H and O–H groups in total. The third kappa shape index (κ3) is 4.11. The maximum absolute atomic E-state index is 12.6. The summed E-state index contributed by atoms with van der Waals surface area (Å²) in [4.78, 5) is 27.2. The van der Waals surface area contributed by atoms with Gasteiger partial charge in [0.25, 0.3) is 5.91 Å². The molecule has 0 unspecified atom stereocenters. The Bertz CT molecular complexity index is 812. The van der Waals surface area contributed by atoms with E-state index in [0.29, 0.717) is 11.5 Å². The Balaban J connectivity index is 1.58. The predicted molar refractivity (Wildman–Crippen MR) is 101 cm³/mol. The Hall–Kier alpha value is -2.67. The zero-order valence-corrected chi connectivity index (χ0v) is 15.4. The number of nitrogens with one attached hydrogen (secondary N) is 1. The number of nitrogens with zero attached hydrogens (tertiary/aromatic N) is 1. The number of rotatable bonds is 5. The third-order valence-corrected chi connectivity index (χ3v) is 4.72. The molecule has 2 aromatic carbocycles. The van der Waals surface area contributed by atoms with Gasteiger partial charge in [-0.05, 0) is 30.5 Å². The van der Waals surface area contributed by atoms with Crippen molar-refractivity contribution in [2.75, 3.05) is 31.8 Å². The van der Waals surface area contributed by atoms with Gasteiger partial charge in [0.15, 0.2) is 11.5 Å². The summed E-state index contributed by atoms with van der Waals surface area (Å²) in [5.74, 6) is 0.585. The van der Waals surface area contributed by atoms with Crippen molar-refractivity contribution in [3.05, 3.63) is 48.5 Å². The molecule has 1 heterocycles. The number of benzene rings is 2. The van der Waals surface area contributed by atoms with Gasteiger partial charge in [-0.2, -0.15) is 0 Å². The molecule has 0 aromatic heterocycles. The topological polar surface area (TPSA) is 67.9 Å². The van der Waals surface area contributed by atoms with Crippen molar-refractivity contribution in [2.24, 2.45) is 0 Å². The minimum Gasteiger partial charge on any atom is -0.485 e. The molecule has 2 amide bonds. The first-order chi connectivity index (χ1) is 12.6. The van der Waals surface area contributed by atoms with Crippen LogP contribution in [-0.4, -0.2) is 49.3 Å². The van der Waals surface area contributed by atoms with Gasteiger partial charge >= 0.3 is 0 Å². The van der Waals surface area contributed by atoms with E-state index in [1.165, 1.54) is 4.90 Å². The van der Waals surface area contributed by atoms with Crippen LogP contribution in [0.2, 0.25) is 0 Å². The van der Waals surface area contributed by atoms with Crippen molar-refractivity contribution in [3.8, 4) is 11.5 Å². The number of thioether (sulfide) groups is 1. The highest BCUT2D eigenvalue weighted by Gasteiger charge is 2.30. The van der Waals surface area contributed by atoms with Crippen molar-refractivity contribution < 1.29 is 19.1 Å². The summed E-state index contributed by atoms with van der Waals surface area (Å²) >= 11 is 1.55. The van der Waals surface area contributed by atoms with E-state index in [1.807, 2.05) is 42.7 Å². The monoisotopic (exact) mass is 372 g/mol. The number of likely N-dealkylation sites (N-methyl/N-ethyl adjacent to an activating group) is 1. The van der Waals surface area contributed by atoms with Crippen molar-refractivity contribution in [1.29, 1.82) is 0 Å². The molecule has 6 nitrogen and oxygen atoms in total. The second-order valence-electron chi connectivity index (χ2n) is 5.81. The normalized spacial score (nSPS) is 15.2. The van der Waals surface area contributed by atoms with Crippen LogP contribution < -0.4 is 14.8 Å². The summed E-state index contributed by atoms with van der Waals surface area (Å²) in [5, 5.41) is 2.84. The maximum atomic E-state index is 12.6. The summed E-state index contributed by atoms with van der Waals surface area (Å²) in [7, 11) is 1.58. The molecule has 0 saturated carbocycles. The first-order valence-corrected chi connectivity index (χ1v) is 9.37. The van der Waals surface area contributed by atoms with Gasteiger partial charge in [-0.3, -0.25) is 9.59 Å². The van der Waals surface area contributed by atoms with Crippen LogP contribution in [0, 0.1) is 0 Å². The summed E-state index contributed by atoms with van der Waals surface area (Å²) in [6, 6.07) is 14.7. The number of carbonyl (C=O) groups is 2. The van der Waals surface area contributed by atoms with Crippen molar-refractivity contribution >= 4 is 29.3 Å². The van der Waals surface area contributed by atoms with E-state index >= 15 is 0 Å². The summed E-state index contributed by atoms with van der Waals surface area (Å²) in [6.45, 7) is 0.0557. The van der Waals surface area contributed by atoms with Crippen LogP contribution in [-0.2, 0) is 9.59 Å². The molecule has 3 rings (SSSR count). The number of hydrogen-bond acceptors (Lipinski definition) is 5. The minimum absolute atomic E-state index is 0.0664. The lowest BCUT2D eigenvalue weighted by Gasteiger charge is -2.28. The minimum atomic E-state index is -0.763. The lowest BCUT2D eigenvalue weighted by atomic mass is 10.2. The van der Waals surface area contributed by atoms with Gasteiger partial charge in [0.1, 0.15) is 6.61 Å². The quantitative estimate of drug-likeness (QED) is 0.818. The van der Waals surface area contributed by atoms with Crippen molar-refractivity contribution in [3.63, 3.8) is 0 Å². The second-order valence-corrected chi connectivity index (χ2v) is 6.66. The molecule has 1 aliphatic rings. The maximum Gasteiger partial charge on any atom is 0.267 e. The van der Waals surface area contributed by atoms with Crippen LogP contribution in [0.15, 0.2) is 53.4 Å². The fraction of sp³-hybridized carbons (Fsp3) is 0.263. The molecule has 0 radical (unpaired) electrons. The third-order valence-electron chi connectivity index (χ3n) is 3.92. The lowest BCUT2D eigenvalue weighted by Crippen LogP contribution is -2.47. The molecule has 136 valence electrons. The standard InChI is InChI=1S/C19H20N2O4S/c1-21(11-18(22)20-13-7-3-6-10-17(13)26-2)19(23)16-12-24-14-8-4-5-9-15(14)25-16/h3-10,16H,11-12H2,1-2H3,(H,20,22)/t16-/m1/s1. The fourth-order valence-electron chi connectivity index (χ4n) is 2.62. The van der Waals surface area contributed by atoms with E-state index in [0.717, 1.165) is 10.6 Å². The molecule has 1 atom stereocenters. The van der Waals surface area contributed by atoms with Crippen LogP contribution >= 0.6 is 11.8 Å². The van der Waals surface area contributed by atoms with Gasteiger partial charge in [-0.25, -0.2) is 0 Å². The molecule has 0 aliphatic carbocycles. The van der Waals surface area contributed by atoms with Gasteiger partial charge in [0, 0.05) is 11.9 Å². The van der Waals surface area contributed by atoms with E-state index in [2.05, 4.69) is 5.32 Å². The first-order valence-electron chi connectivity index (χ1n) is 8.15. The number of fused-ring (bicyclic) bond motifs is 1. The molecule has 1 aliphatic heterocycles. The van der Waals surface area contributed by atoms with E-state index in [4.69, 9.17) is 9.47 Å². The van der Waals surface area contributed by atoms with Crippen LogP contribution in [0.25, 0.3) is 0 Å². The zero-order valence-electron chi connectivity index (χ0n) is 14.6. The summed E-state index contributed by atoms with van der Waals surface area (Å²) < 4.78 is 11.3. The average Bonchev–Trinajstić information content (AvgIpc) is 2.67. The molecule has 2 aromatic rings. The molecule has 0 spiro atoms. The molecular weight excluding hydrogens is 352 g/mol. The van der Waals surface area contributed by atoms with Crippen LogP contribution in [0.4, 0.5) is 5.69 Å². The Kier molecular flexibility index (Phi) is 5.68. The van der Waals surface area contributed by atoms with Crippen LogP contribution in [0.5, 0.6) is 11.5 Å². The lowest BCUT2D eigenvalue weighted by molar-refractivity contribution is -0.141. The van der Waals surface area contributed by atoms with Crippen molar-refractivity contribution in [2.45, 2.75) is 11.0 Å². The predicted octanol–water partition coefficient (Wildman–Crippen LogP) is 2.65. The first kappa shape index (κ1) is 18.1. The average molecular weight is 372 g/mol. The molecule has 0 fully saturated rings. The molecule has 0 bridgehead atoms. The number of carbonyl (C=O) groups excluding carboxylic acids is 2. The van der Waals surface area contributed by atoms with Crippen LogP contribution in [0.3, 0.4) is 0 Å². The van der Waals surface area contributed by atoms with Crippen molar-refractivity contribution in [1.82, 2.24) is 4.90 Å². The Morgan fingerprint density at radius 3 is 2.62 bits per heavy atom. The second kappa shape index (κ2) is 8.14. The molecule has 26 heavy (non-hydrogen) atoms. The van der Waals surface area contributed by atoms with Crippen LogP contribution in [0.1, 0.15) is 0 Å². The van der Waals surface area contributed by atoms with Gasteiger partial charge in [0.2, 0.25) is 12.0 Å². The van der Waals surface area contributed by atoms with E-state index in [1.54, 1.807) is 30.9 Å². The number of ether oxygens (including phenoxy) is 2. The van der Waals surface area contributed by atoms with Gasteiger partial charge in [0.05, 0.1) is 12.2 Å². The number of amides is 2. The van der Waals surface area contributed by atoms with E-state index in [9.17, 15) is 9.59 Å². The highest BCUT2D eigenvalue weighted by Crippen LogP contribution is 2.31. The zero-order chi connectivity index (χ0) is 18.5. The Labute approximate surface area is 156 Å². The van der Waals surface area contributed by atoms with Gasteiger partial charge in [-0.15, -0.1) is 11.8 Å². The summed E-state index contributed by atoms with van der Waals surface area (Å²) in [6.07, 6.45) is 1.18. The number of hydrogen-bond donors (Lipinski definition) is 1. The van der Waals surface area contributed by atoms with E-state index in [-0.39, 0.29) is 25.0 Å².